The van der Waals surface area contributed by atoms with Crippen LogP contribution in [0.1, 0.15) is 31.2 Å². The molecule has 1 aromatic carbocycles. The fraction of sp³-hybridized carbons (Fsp3) is 0.542. The van der Waals surface area contributed by atoms with Gasteiger partial charge in [-0.2, -0.15) is 13.2 Å². The van der Waals surface area contributed by atoms with Crippen molar-refractivity contribution in [1.29, 1.82) is 0 Å². The standard InChI is InChI=1S/C18H21F4N5.C6H13NS/c1-26-5-2-6-27(8-7-26)16-4-3-12(9-14(16)19)25-17-10-15(23)13(11-24-17)18(20,21)22;1-8-7-5-3-2-4-6-7/h3-4,9-11H,2,5-8H2,1H3,(H3,23,24,25);2-6H2,1H3. The molecule has 0 atom stereocenters. The van der Waals surface area contributed by atoms with Gasteiger partial charge in [0.1, 0.15) is 11.6 Å². The van der Waals surface area contributed by atoms with Crippen molar-refractivity contribution in [2.75, 3.05) is 68.5 Å². The van der Waals surface area contributed by atoms with Crippen LogP contribution in [0.5, 0.6) is 0 Å². The summed E-state index contributed by atoms with van der Waals surface area (Å²) in [5.74, 6) is -0.284. The predicted octanol–water partition coefficient (Wildman–Crippen LogP) is 5.46. The van der Waals surface area contributed by atoms with Crippen LogP contribution in [0.4, 0.5) is 40.4 Å². The third-order valence-electron chi connectivity index (χ3n) is 6.09. The van der Waals surface area contributed by atoms with E-state index < -0.39 is 23.2 Å². The highest BCUT2D eigenvalue weighted by Gasteiger charge is 2.33. The van der Waals surface area contributed by atoms with Gasteiger partial charge in [0.05, 0.1) is 11.3 Å². The molecule has 2 aliphatic heterocycles. The maximum absolute atomic E-state index is 14.6. The van der Waals surface area contributed by atoms with Crippen molar-refractivity contribution in [2.45, 2.75) is 31.9 Å². The molecule has 2 aliphatic rings. The van der Waals surface area contributed by atoms with Gasteiger partial charge in [-0.15, -0.1) is 0 Å². The van der Waals surface area contributed by atoms with Crippen molar-refractivity contribution in [2.24, 2.45) is 0 Å². The van der Waals surface area contributed by atoms with E-state index in [0.717, 1.165) is 38.7 Å². The van der Waals surface area contributed by atoms with Gasteiger partial charge in [-0.3, -0.25) is 4.31 Å². The molecule has 2 fully saturated rings. The largest absolute Gasteiger partial charge is 0.419 e. The van der Waals surface area contributed by atoms with Gasteiger partial charge in [0.25, 0.3) is 0 Å². The normalized spacial score (nSPS) is 17.9. The molecule has 11 heteroatoms. The number of hydrogen-bond acceptors (Lipinski definition) is 7. The molecule has 0 unspecified atom stereocenters. The van der Waals surface area contributed by atoms with Crippen LogP contribution in [0, 0.1) is 5.82 Å². The molecule has 2 aromatic rings. The van der Waals surface area contributed by atoms with Crippen LogP contribution in [0.15, 0.2) is 30.5 Å². The third-order valence-corrected chi connectivity index (χ3v) is 6.98. The van der Waals surface area contributed by atoms with E-state index in [2.05, 4.69) is 25.8 Å². The number of nitrogen functional groups attached to an aromatic ring is 1. The summed E-state index contributed by atoms with van der Waals surface area (Å²) >= 11 is 1.88. The number of aromatic nitrogens is 1. The maximum Gasteiger partial charge on any atom is 0.419 e. The topological polar surface area (TPSA) is 60.7 Å². The van der Waals surface area contributed by atoms with Crippen LogP contribution in [-0.4, -0.2) is 66.8 Å². The number of piperidine rings is 1. The van der Waals surface area contributed by atoms with Gasteiger partial charge in [-0.1, -0.05) is 18.4 Å². The highest BCUT2D eigenvalue weighted by molar-refractivity contribution is 7.96. The van der Waals surface area contributed by atoms with E-state index in [1.165, 1.54) is 38.4 Å². The average molecular weight is 515 g/mol. The fourth-order valence-electron chi connectivity index (χ4n) is 4.10. The van der Waals surface area contributed by atoms with E-state index in [9.17, 15) is 17.6 Å². The van der Waals surface area contributed by atoms with E-state index in [1.54, 1.807) is 12.1 Å². The molecule has 194 valence electrons. The van der Waals surface area contributed by atoms with Gasteiger partial charge in [0.2, 0.25) is 0 Å². The predicted molar refractivity (Wildman–Crippen MR) is 137 cm³/mol. The lowest BCUT2D eigenvalue weighted by atomic mass is 10.2. The van der Waals surface area contributed by atoms with Gasteiger partial charge < -0.3 is 20.9 Å². The zero-order valence-corrected chi connectivity index (χ0v) is 21.1. The zero-order valence-electron chi connectivity index (χ0n) is 20.2. The molecule has 6 nitrogen and oxygen atoms in total. The number of likely N-dealkylation sites (N-methyl/N-ethyl adjacent to an activating group) is 1. The number of nitrogens with zero attached hydrogens (tertiary/aromatic N) is 4. The first kappa shape index (κ1) is 27.3. The number of rotatable bonds is 4. The Bertz CT molecular complexity index is 952. The van der Waals surface area contributed by atoms with Crippen molar-refractivity contribution in [3.8, 4) is 0 Å². The minimum atomic E-state index is -4.56. The van der Waals surface area contributed by atoms with Crippen molar-refractivity contribution < 1.29 is 17.6 Å². The number of anilines is 4. The smallest absolute Gasteiger partial charge is 0.398 e. The molecular weight excluding hydrogens is 480 g/mol. The maximum atomic E-state index is 14.6. The Morgan fingerprint density at radius 2 is 1.71 bits per heavy atom. The number of halogens is 4. The Morgan fingerprint density at radius 1 is 0.971 bits per heavy atom. The first-order valence-electron chi connectivity index (χ1n) is 11.8. The number of nitrogens with one attached hydrogen (secondary N) is 1. The minimum Gasteiger partial charge on any atom is -0.398 e. The van der Waals surface area contributed by atoms with E-state index in [0.29, 0.717) is 17.6 Å². The van der Waals surface area contributed by atoms with Crippen LogP contribution in [-0.2, 0) is 6.18 Å². The summed E-state index contributed by atoms with van der Waals surface area (Å²) < 4.78 is 55.2. The van der Waals surface area contributed by atoms with Gasteiger partial charge >= 0.3 is 6.18 Å². The van der Waals surface area contributed by atoms with Gasteiger partial charge in [-0.25, -0.2) is 9.37 Å². The highest BCUT2D eigenvalue weighted by atomic mass is 32.2. The number of nitrogens with two attached hydrogens (primary N) is 1. The van der Waals surface area contributed by atoms with Crippen LogP contribution in [0.25, 0.3) is 0 Å². The van der Waals surface area contributed by atoms with Crippen LogP contribution < -0.4 is 16.0 Å². The van der Waals surface area contributed by atoms with Crippen molar-refractivity contribution in [3.63, 3.8) is 0 Å². The van der Waals surface area contributed by atoms with E-state index in [-0.39, 0.29) is 5.82 Å². The molecule has 0 bridgehead atoms. The van der Waals surface area contributed by atoms with E-state index >= 15 is 0 Å². The number of hydrogen-bond donors (Lipinski definition) is 2. The Labute approximate surface area is 209 Å². The molecule has 3 N–H and O–H groups in total. The molecule has 0 amide bonds. The lowest BCUT2D eigenvalue weighted by molar-refractivity contribution is -0.137. The van der Waals surface area contributed by atoms with Crippen molar-refractivity contribution in [3.05, 3.63) is 41.8 Å². The summed E-state index contributed by atoms with van der Waals surface area (Å²) in [5.41, 5.74) is 4.91. The molecular formula is C24H34F4N6S. The number of pyridine rings is 1. The first-order valence-corrected chi connectivity index (χ1v) is 13.0. The Hall–Kier alpha value is -2.24. The third kappa shape index (κ3) is 8.15. The second-order valence-electron chi connectivity index (χ2n) is 8.76. The lowest BCUT2D eigenvalue weighted by Crippen LogP contribution is -2.29. The summed E-state index contributed by atoms with van der Waals surface area (Å²) in [5, 5.41) is 2.79. The number of alkyl halides is 3. The van der Waals surface area contributed by atoms with Crippen LogP contribution in [0.2, 0.25) is 0 Å². The monoisotopic (exact) mass is 514 g/mol. The lowest BCUT2D eigenvalue weighted by Gasteiger charge is -2.23. The Kier molecular flexibility index (Phi) is 9.88. The molecule has 0 saturated carbocycles. The molecule has 4 rings (SSSR count). The molecule has 0 radical (unpaired) electrons. The first-order chi connectivity index (χ1) is 16.7. The quantitative estimate of drug-likeness (QED) is 0.415. The summed E-state index contributed by atoms with van der Waals surface area (Å²) in [6, 6.07) is 5.72. The van der Waals surface area contributed by atoms with Gasteiger partial charge in [0.15, 0.2) is 0 Å². The van der Waals surface area contributed by atoms with Crippen LogP contribution in [0.3, 0.4) is 0 Å². The molecule has 1 aromatic heterocycles. The van der Waals surface area contributed by atoms with Crippen molar-refractivity contribution in [1.82, 2.24) is 14.2 Å². The van der Waals surface area contributed by atoms with Crippen molar-refractivity contribution >= 4 is 34.8 Å². The summed E-state index contributed by atoms with van der Waals surface area (Å²) in [6.45, 7) is 5.94. The average Bonchev–Trinajstić information content (AvgIpc) is 3.04. The SMILES string of the molecule is CN1CCCN(c2ccc(Nc3cc(N)c(C(F)(F)F)cn3)cc2F)CC1.CSN1CCCCC1. The van der Waals surface area contributed by atoms with E-state index in [4.69, 9.17) is 5.73 Å². The second-order valence-corrected chi connectivity index (χ2v) is 9.64. The zero-order chi connectivity index (χ0) is 25.4. The molecule has 2 saturated heterocycles. The fourth-order valence-corrected chi connectivity index (χ4v) is 4.72. The Balaban J connectivity index is 0.000000363. The highest BCUT2D eigenvalue weighted by Crippen LogP contribution is 2.34. The van der Waals surface area contributed by atoms with Gasteiger partial charge in [0, 0.05) is 56.4 Å². The minimum absolute atomic E-state index is 0.115. The van der Waals surface area contributed by atoms with E-state index in [1.807, 2.05) is 23.9 Å². The second kappa shape index (κ2) is 12.6. The molecule has 35 heavy (non-hydrogen) atoms. The Morgan fingerprint density at radius 3 is 2.31 bits per heavy atom. The number of benzene rings is 1. The summed E-state index contributed by atoms with van der Waals surface area (Å²) in [7, 11) is 2.04. The molecule has 0 spiro atoms. The summed E-state index contributed by atoms with van der Waals surface area (Å²) in [4.78, 5) is 7.91. The molecule has 3 heterocycles. The van der Waals surface area contributed by atoms with Gasteiger partial charge in [-0.05, 0) is 57.3 Å². The van der Waals surface area contributed by atoms with Crippen LogP contribution >= 0.6 is 11.9 Å². The summed E-state index contributed by atoms with van der Waals surface area (Å²) in [6.07, 6.45) is 3.45. The molecule has 0 aliphatic carbocycles.